The molecule has 0 atom stereocenters. The lowest BCUT2D eigenvalue weighted by molar-refractivity contribution is 0.0951. The number of nitrogens with one attached hydrogen (secondary N) is 1. The van der Waals surface area contributed by atoms with Crippen molar-refractivity contribution < 1.29 is 13.9 Å². The highest BCUT2D eigenvalue weighted by atomic mass is 16.5. The van der Waals surface area contributed by atoms with Gasteiger partial charge in [-0.1, -0.05) is 12.1 Å². The molecule has 126 valence electrons. The van der Waals surface area contributed by atoms with Crippen molar-refractivity contribution in [1.82, 2.24) is 10.3 Å². The van der Waals surface area contributed by atoms with Gasteiger partial charge in [0.2, 0.25) is 5.89 Å². The summed E-state index contributed by atoms with van der Waals surface area (Å²) in [4.78, 5) is 16.8. The second kappa shape index (κ2) is 6.43. The number of rotatable bonds is 5. The molecule has 3 aromatic rings. The van der Waals surface area contributed by atoms with E-state index in [9.17, 15) is 4.79 Å². The molecule has 1 aromatic heterocycles. The van der Waals surface area contributed by atoms with Crippen molar-refractivity contribution in [2.75, 3.05) is 7.11 Å². The summed E-state index contributed by atoms with van der Waals surface area (Å²) in [7, 11) is 1.63. The third kappa shape index (κ3) is 3.26. The van der Waals surface area contributed by atoms with Crippen molar-refractivity contribution in [3.05, 3.63) is 60.3 Å². The molecule has 5 nitrogen and oxygen atoms in total. The van der Waals surface area contributed by atoms with Crippen LogP contribution in [0, 0.1) is 0 Å². The van der Waals surface area contributed by atoms with E-state index >= 15 is 0 Å². The first kappa shape index (κ1) is 15.4. The van der Waals surface area contributed by atoms with Gasteiger partial charge in [0, 0.05) is 17.2 Å². The van der Waals surface area contributed by atoms with Crippen LogP contribution in [-0.4, -0.2) is 24.0 Å². The Morgan fingerprint density at radius 2 is 1.92 bits per heavy atom. The van der Waals surface area contributed by atoms with E-state index in [0.717, 1.165) is 24.2 Å². The smallest absolute Gasteiger partial charge is 0.252 e. The summed E-state index contributed by atoms with van der Waals surface area (Å²) in [6, 6.07) is 15.2. The van der Waals surface area contributed by atoms with Crippen LogP contribution in [0.25, 0.3) is 22.8 Å². The van der Waals surface area contributed by atoms with Gasteiger partial charge in [-0.2, -0.15) is 0 Å². The molecule has 25 heavy (non-hydrogen) atoms. The van der Waals surface area contributed by atoms with E-state index in [-0.39, 0.29) is 5.91 Å². The van der Waals surface area contributed by atoms with Crippen LogP contribution in [0.2, 0.25) is 0 Å². The van der Waals surface area contributed by atoms with Gasteiger partial charge in [-0.25, -0.2) is 4.98 Å². The van der Waals surface area contributed by atoms with E-state index < -0.39 is 0 Å². The summed E-state index contributed by atoms with van der Waals surface area (Å²) in [5.41, 5.74) is 2.18. The molecule has 0 unspecified atom stereocenters. The maximum Gasteiger partial charge on any atom is 0.252 e. The summed E-state index contributed by atoms with van der Waals surface area (Å²) in [6.45, 7) is 0. The Morgan fingerprint density at radius 1 is 1.16 bits per heavy atom. The number of ether oxygens (including phenoxy) is 1. The van der Waals surface area contributed by atoms with Crippen LogP contribution in [0.3, 0.4) is 0 Å². The van der Waals surface area contributed by atoms with Crippen LogP contribution in [0.15, 0.2) is 59.1 Å². The SMILES string of the molecule is COc1ccc(-c2cnc(-c3ccccc3C(=O)NC3CC3)o2)cc1. The number of methoxy groups -OCH3 is 1. The lowest BCUT2D eigenvalue weighted by Gasteiger charge is -2.07. The number of nitrogens with zero attached hydrogens (tertiary/aromatic N) is 1. The van der Waals surface area contributed by atoms with E-state index in [4.69, 9.17) is 9.15 Å². The Balaban J connectivity index is 1.64. The first-order valence-corrected chi connectivity index (χ1v) is 8.25. The number of carbonyl (C=O) groups excluding carboxylic acids is 1. The molecule has 1 amide bonds. The standard InChI is InChI=1S/C20H18N2O3/c1-24-15-10-6-13(7-11-15)18-12-21-20(25-18)17-5-3-2-4-16(17)19(23)22-14-8-9-14/h2-7,10-12,14H,8-9H2,1H3,(H,22,23). The van der Waals surface area contributed by atoms with Gasteiger partial charge in [-0.05, 0) is 49.2 Å². The molecule has 2 aromatic carbocycles. The van der Waals surface area contributed by atoms with E-state index in [1.165, 1.54) is 0 Å². The molecule has 0 radical (unpaired) electrons. The average molecular weight is 334 g/mol. The van der Waals surface area contributed by atoms with Gasteiger partial charge >= 0.3 is 0 Å². The van der Waals surface area contributed by atoms with Gasteiger partial charge in [0.25, 0.3) is 5.91 Å². The zero-order valence-electron chi connectivity index (χ0n) is 13.9. The molecular formula is C20H18N2O3. The summed E-state index contributed by atoms with van der Waals surface area (Å²) < 4.78 is 11.1. The van der Waals surface area contributed by atoms with Gasteiger partial charge in [0.05, 0.1) is 18.9 Å². The fraction of sp³-hybridized carbons (Fsp3) is 0.200. The number of carbonyl (C=O) groups is 1. The van der Waals surface area contributed by atoms with Gasteiger partial charge in [0.15, 0.2) is 5.76 Å². The lowest BCUT2D eigenvalue weighted by Crippen LogP contribution is -2.25. The fourth-order valence-corrected chi connectivity index (χ4v) is 2.65. The Bertz CT molecular complexity index is 895. The zero-order valence-corrected chi connectivity index (χ0v) is 13.9. The quantitative estimate of drug-likeness (QED) is 0.768. The van der Waals surface area contributed by atoms with Crippen molar-refractivity contribution in [3.63, 3.8) is 0 Å². The average Bonchev–Trinajstić information content (AvgIpc) is 3.34. The second-order valence-corrected chi connectivity index (χ2v) is 6.05. The monoisotopic (exact) mass is 334 g/mol. The normalized spacial score (nSPS) is 13.5. The molecule has 5 heteroatoms. The summed E-state index contributed by atoms with van der Waals surface area (Å²) >= 11 is 0. The predicted octanol–water partition coefficient (Wildman–Crippen LogP) is 3.91. The van der Waals surface area contributed by atoms with Crippen molar-refractivity contribution in [2.24, 2.45) is 0 Å². The molecule has 1 saturated carbocycles. The van der Waals surface area contributed by atoms with Crippen LogP contribution >= 0.6 is 0 Å². The highest BCUT2D eigenvalue weighted by Gasteiger charge is 2.25. The van der Waals surface area contributed by atoms with E-state index in [2.05, 4.69) is 10.3 Å². The van der Waals surface area contributed by atoms with E-state index in [0.29, 0.717) is 28.8 Å². The highest BCUT2D eigenvalue weighted by Crippen LogP contribution is 2.29. The summed E-state index contributed by atoms with van der Waals surface area (Å²) in [5, 5.41) is 3.01. The Kier molecular flexibility index (Phi) is 3.98. The number of hydrogen-bond acceptors (Lipinski definition) is 4. The van der Waals surface area contributed by atoms with Crippen molar-refractivity contribution >= 4 is 5.91 Å². The first-order chi connectivity index (χ1) is 12.2. The minimum absolute atomic E-state index is 0.0812. The number of hydrogen-bond donors (Lipinski definition) is 1. The maximum absolute atomic E-state index is 12.4. The summed E-state index contributed by atoms with van der Waals surface area (Å²) in [5.74, 6) is 1.79. The zero-order chi connectivity index (χ0) is 17.2. The Morgan fingerprint density at radius 3 is 2.64 bits per heavy atom. The molecular weight excluding hydrogens is 316 g/mol. The third-order valence-corrected chi connectivity index (χ3v) is 4.19. The Hall–Kier alpha value is -3.08. The second-order valence-electron chi connectivity index (χ2n) is 6.05. The molecule has 0 spiro atoms. The van der Waals surface area contributed by atoms with E-state index in [1.54, 1.807) is 19.4 Å². The van der Waals surface area contributed by atoms with Gasteiger partial charge in [-0.15, -0.1) is 0 Å². The van der Waals surface area contributed by atoms with Crippen LogP contribution < -0.4 is 10.1 Å². The molecule has 0 aliphatic heterocycles. The molecule has 4 rings (SSSR count). The Labute approximate surface area is 145 Å². The van der Waals surface area contributed by atoms with Crippen LogP contribution in [0.5, 0.6) is 5.75 Å². The number of benzene rings is 2. The van der Waals surface area contributed by atoms with Gasteiger partial charge in [-0.3, -0.25) is 4.79 Å². The molecule has 0 bridgehead atoms. The lowest BCUT2D eigenvalue weighted by atomic mass is 10.1. The van der Waals surface area contributed by atoms with E-state index in [1.807, 2.05) is 42.5 Å². The topological polar surface area (TPSA) is 64.4 Å². The number of amides is 1. The molecule has 0 saturated heterocycles. The van der Waals surface area contributed by atoms with Crippen LogP contribution in [0.4, 0.5) is 0 Å². The molecule has 1 aliphatic rings. The minimum atomic E-state index is -0.0812. The third-order valence-electron chi connectivity index (χ3n) is 4.19. The summed E-state index contributed by atoms with van der Waals surface area (Å²) in [6.07, 6.45) is 3.77. The van der Waals surface area contributed by atoms with Crippen LogP contribution in [0.1, 0.15) is 23.2 Å². The molecule has 1 fully saturated rings. The largest absolute Gasteiger partial charge is 0.497 e. The molecule has 1 aliphatic carbocycles. The highest BCUT2D eigenvalue weighted by molar-refractivity contribution is 6.00. The number of oxazole rings is 1. The van der Waals surface area contributed by atoms with Crippen LogP contribution in [-0.2, 0) is 0 Å². The van der Waals surface area contributed by atoms with Crippen molar-refractivity contribution in [1.29, 1.82) is 0 Å². The predicted molar refractivity (Wildman–Crippen MR) is 94.4 cm³/mol. The molecule has 1 N–H and O–H groups in total. The van der Waals surface area contributed by atoms with Crippen molar-refractivity contribution in [2.45, 2.75) is 18.9 Å². The number of aromatic nitrogens is 1. The molecule has 1 heterocycles. The van der Waals surface area contributed by atoms with Gasteiger partial charge < -0.3 is 14.5 Å². The minimum Gasteiger partial charge on any atom is -0.497 e. The maximum atomic E-state index is 12.4. The van der Waals surface area contributed by atoms with Crippen molar-refractivity contribution in [3.8, 4) is 28.5 Å². The van der Waals surface area contributed by atoms with Gasteiger partial charge in [0.1, 0.15) is 5.75 Å². The first-order valence-electron chi connectivity index (χ1n) is 8.25. The fourth-order valence-electron chi connectivity index (χ4n) is 2.65.